The van der Waals surface area contributed by atoms with Crippen molar-refractivity contribution in [3.8, 4) is 0 Å². The largest absolute Gasteiger partial charge is 0.0125 e. The molecular weight excluding hydrogens is 133 g/mol. The molecule has 2 nitrogen and oxygen atoms in total. The SMILES string of the molecule is [O]=[Ge][O-].[SiH3]. The molecule has 0 aromatic carbocycles. The summed E-state index contributed by atoms with van der Waals surface area (Å²) < 4.78 is 17.0. The number of hydrogen-bond acceptors (Lipinski definition) is 2. The van der Waals surface area contributed by atoms with E-state index in [1.807, 2.05) is 0 Å². The second-order valence-corrected chi connectivity index (χ2v) is 0.433. The molecule has 0 heterocycles. The number of hydrogen-bond donors (Lipinski definition) is 0. The van der Waals surface area contributed by atoms with Gasteiger partial charge in [0.15, 0.2) is 0 Å². The Morgan fingerprint density at radius 1 is 1.75 bits per heavy atom. The normalized spacial score (nSPS) is 3.00. The van der Waals surface area contributed by atoms with Gasteiger partial charge in [-0.3, -0.25) is 0 Å². The third kappa shape index (κ3) is 33.7. The average molecular weight is 136 g/mol. The van der Waals surface area contributed by atoms with Crippen LogP contribution >= 0.6 is 0 Å². The molecule has 0 fully saturated rings. The Hall–Kier alpha value is 0.360. The summed E-state index contributed by atoms with van der Waals surface area (Å²) in [6, 6.07) is 0. The first kappa shape index (κ1) is 8.84. The molecule has 0 rings (SSSR count). The van der Waals surface area contributed by atoms with Crippen LogP contribution in [0.4, 0.5) is 0 Å². The molecule has 24 valence electrons. The molecule has 4 heteroatoms. The summed E-state index contributed by atoms with van der Waals surface area (Å²) in [7, 11) is 0. The van der Waals surface area contributed by atoms with Crippen molar-refractivity contribution in [1.29, 1.82) is 0 Å². The van der Waals surface area contributed by atoms with Gasteiger partial charge in [0.25, 0.3) is 0 Å². The van der Waals surface area contributed by atoms with Crippen LogP contribution in [0.15, 0.2) is 0 Å². The fraction of sp³-hybridized carbons (Fsp3) is 0. The Bertz CT molecular complexity index is 13.5. The zero-order valence-corrected chi connectivity index (χ0v) is 6.41. The van der Waals surface area contributed by atoms with Crippen LogP contribution in [-0.2, 0) is 3.78 Å². The molecule has 0 aliphatic rings. The van der Waals surface area contributed by atoms with Crippen LogP contribution in [0.1, 0.15) is 0 Å². The minimum absolute atomic E-state index is 0. The van der Waals surface area contributed by atoms with Crippen LogP contribution in [0, 0.1) is 0 Å². The Labute approximate surface area is 35.3 Å². The minimum atomic E-state index is -2.00. The molecule has 0 bridgehead atoms. The van der Waals surface area contributed by atoms with Crippen molar-refractivity contribution in [3.05, 3.63) is 0 Å². The summed E-state index contributed by atoms with van der Waals surface area (Å²) in [6.07, 6.45) is 0. The Morgan fingerprint density at radius 3 is 1.75 bits per heavy atom. The van der Waals surface area contributed by atoms with E-state index in [4.69, 9.17) is 7.91 Å². The molecule has 0 saturated heterocycles. The second-order valence-electron chi connectivity index (χ2n) is 0.0833. The molecule has 0 aromatic heterocycles. The predicted molar refractivity (Wildman–Crippen MR) is 16.4 cm³/mol. The Morgan fingerprint density at radius 2 is 1.75 bits per heavy atom. The van der Waals surface area contributed by atoms with Crippen molar-refractivity contribution >= 4 is 26.7 Å². The van der Waals surface area contributed by atoms with Gasteiger partial charge in [0, 0.05) is 0 Å². The van der Waals surface area contributed by atoms with Crippen LogP contribution in [0.25, 0.3) is 0 Å². The molecule has 0 spiro atoms. The Balaban J connectivity index is 0. The first-order valence-corrected chi connectivity index (χ1v) is 2.12. The molecule has 0 aliphatic heterocycles. The molecule has 0 amide bonds. The van der Waals surface area contributed by atoms with Gasteiger partial charge < -0.3 is 0 Å². The van der Waals surface area contributed by atoms with Gasteiger partial charge in [-0.05, 0) is 11.0 Å². The van der Waals surface area contributed by atoms with Gasteiger partial charge in [-0.25, -0.2) is 0 Å². The van der Waals surface area contributed by atoms with Gasteiger partial charge >= 0.3 is 23.6 Å². The molecule has 0 N–H and O–H groups in total. The fourth-order valence-corrected chi connectivity index (χ4v) is 0. The first-order chi connectivity index (χ1) is 1.41. The minimum Gasteiger partial charge on any atom is -0.0125 e. The zero-order valence-electron chi connectivity index (χ0n) is 2.32. The van der Waals surface area contributed by atoms with Crippen molar-refractivity contribution in [1.82, 2.24) is 0 Å². The molecule has 4 heavy (non-hydrogen) atoms. The van der Waals surface area contributed by atoms with Crippen molar-refractivity contribution in [2.75, 3.05) is 0 Å². The van der Waals surface area contributed by atoms with Gasteiger partial charge in [-0.15, -0.1) is 0 Å². The summed E-state index contributed by atoms with van der Waals surface area (Å²) in [5, 5.41) is 0. The molecule has 0 saturated carbocycles. The monoisotopic (exact) mass is 137 g/mol. The van der Waals surface area contributed by atoms with E-state index < -0.39 is 15.7 Å². The summed E-state index contributed by atoms with van der Waals surface area (Å²) in [4.78, 5) is 0. The summed E-state index contributed by atoms with van der Waals surface area (Å²) >= 11 is -2.00. The van der Waals surface area contributed by atoms with Gasteiger partial charge in [0.05, 0.1) is 0 Å². The van der Waals surface area contributed by atoms with E-state index in [9.17, 15) is 0 Å². The van der Waals surface area contributed by atoms with E-state index in [1.54, 1.807) is 0 Å². The van der Waals surface area contributed by atoms with Crippen LogP contribution in [0.5, 0.6) is 0 Å². The van der Waals surface area contributed by atoms with Crippen LogP contribution in [0.3, 0.4) is 0 Å². The summed E-state index contributed by atoms with van der Waals surface area (Å²) in [6.45, 7) is 0. The maximum atomic E-state index is 8.50. The molecular formula is H3GeO2Si-. The van der Waals surface area contributed by atoms with Gasteiger partial charge in [0.1, 0.15) is 0 Å². The maximum absolute atomic E-state index is 8.50. The molecule has 0 atom stereocenters. The average Bonchev–Trinajstić information content (AvgIpc) is 0.918. The topological polar surface area (TPSA) is 40.1 Å². The van der Waals surface area contributed by atoms with Gasteiger partial charge in [-0.2, -0.15) is 0 Å². The molecule has 0 aliphatic carbocycles. The van der Waals surface area contributed by atoms with E-state index in [0.717, 1.165) is 0 Å². The Kier molecular flexibility index (Phi) is 22.4. The molecule has 0 unspecified atom stereocenters. The van der Waals surface area contributed by atoms with E-state index >= 15 is 0 Å². The van der Waals surface area contributed by atoms with E-state index in [-0.39, 0.29) is 11.0 Å². The van der Waals surface area contributed by atoms with Crippen molar-refractivity contribution in [2.24, 2.45) is 0 Å². The molecule has 0 aromatic rings. The zero-order chi connectivity index (χ0) is 2.71. The van der Waals surface area contributed by atoms with Gasteiger partial charge in [0.2, 0.25) is 0 Å². The molecule has 2 radical (unpaired) electrons. The second kappa shape index (κ2) is 10.1. The number of rotatable bonds is 0. The van der Waals surface area contributed by atoms with Crippen LogP contribution in [0.2, 0.25) is 0 Å². The van der Waals surface area contributed by atoms with Crippen LogP contribution < -0.4 is 4.13 Å². The smallest absolute Gasteiger partial charge is 0.0125 e. The van der Waals surface area contributed by atoms with Crippen LogP contribution in [-0.4, -0.2) is 26.7 Å². The van der Waals surface area contributed by atoms with Crippen molar-refractivity contribution < 1.29 is 7.91 Å². The summed E-state index contributed by atoms with van der Waals surface area (Å²) in [5.41, 5.74) is 0. The van der Waals surface area contributed by atoms with Gasteiger partial charge in [-0.1, -0.05) is 0 Å². The fourth-order valence-electron chi connectivity index (χ4n) is 0. The third-order valence-electron chi connectivity index (χ3n) is 0. The van der Waals surface area contributed by atoms with Crippen molar-refractivity contribution in [3.63, 3.8) is 0 Å². The quantitative estimate of drug-likeness (QED) is 0.335. The standard InChI is InChI=1S/GeO2.H3Si/c2-1-3;/h;1H3/q-1;. The summed E-state index contributed by atoms with van der Waals surface area (Å²) in [5.74, 6) is 0. The van der Waals surface area contributed by atoms with E-state index in [0.29, 0.717) is 0 Å². The first-order valence-electron chi connectivity index (χ1n) is 0.408. The maximum Gasteiger partial charge on any atom is -0.0125 e. The van der Waals surface area contributed by atoms with Crippen molar-refractivity contribution in [2.45, 2.75) is 0 Å². The predicted octanol–water partition coefficient (Wildman–Crippen LogP) is -2.87. The van der Waals surface area contributed by atoms with E-state index in [1.165, 1.54) is 0 Å². The third-order valence-corrected chi connectivity index (χ3v) is 0. The van der Waals surface area contributed by atoms with E-state index in [2.05, 4.69) is 0 Å².